The van der Waals surface area contributed by atoms with Gasteiger partial charge in [-0.3, -0.25) is 4.79 Å². The molecule has 0 spiro atoms. The van der Waals surface area contributed by atoms with Gasteiger partial charge in [-0.15, -0.1) is 0 Å². The molecule has 0 aliphatic carbocycles. The lowest BCUT2D eigenvalue weighted by Gasteiger charge is -2.11. The third-order valence-corrected chi connectivity index (χ3v) is 4.03. The summed E-state index contributed by atoms with van der Waals surface area (Å²) in [5.41, 5.74) is 14.2. The molecule has 0 aromatic heterocycles. The molecule has 0 saturated carbocycles. The molecule has 1 amide bonds. The highest BCUT2D eigenvalue weighted by atomic mass is 19.1. The van der Waals surface area contributed by atoms with Gasteiger partial charge in [0.05, 0.1) is 0 Å². The molecule has 1 atom stereocenters. The molecule has 0 aliphatic rings. The quantitative estimate of drug-likeness (QED) is 0.580. The Bertz CT molecular complexity index is 673. The second kappa shape index (κ2) is 9.79. The minimum atomic E-state index is -0.371. The molecule has 0 saturated heterocycles. The van der Waals surface area contributed by atoms with Crippen LogP contribution >= 0.6 is 0 Å². The fourth-order valence-electron chi connectivity index (χ4n) is 2.77. The number of primary amides is 1. The summed E-state index contributed by atoms with van der Waals surface area (Å²) in [5.74, 6) is -0.546. The van der Waals surface area contributed by atoms with Crippen molar-refractivity contribution in [2.45, 2.75) is 38.1 Å². The number of benzene rings is 2. The highest BCUT2D eigenvalue weighted by Crippen LogP contribution is 2.12. The summed E-state index contributed by atoms with van der Waals surface area (Å²) in [5, 5.41) is 3.38. The van der Waals surface area contributed by atoms with Gasteiger partial charge in [0, 0.05) is 24.7 Å². The Hall–Kier alpha value is -2.40. The van der Waals surface area contributed by atoms with Gasteiger partial charge in [-0.2, -0.15) is 0 Å². The van der Waals surface area contributed by atoms with Crippen LogP contribution in [0.1, 0.15) is 30.4 Å². The predicted octanol–water partition coefficient (Wildman–Crippen LogP) is 3.01. The van der Waals surface area contributed by atoms with Gasteiger partial charge < -0.3 is 16.8 Å². The molecule has 4 nitrogen and oxygen atoms in total. The topological polar surface area (TPSA) is 81.1 Å². The minimum Gasteiger partial charge on any atom is -0.385 e. The van der Waals surface area contributed by atoms with E-state index in [0.29, 0.717) is 6.42 Å². The highest BCUT2D eigenvalue weighted by molar-refractivity contribution is 5.74. The van der Waals surface area contributed by atoms with Crippen LogP contribution in [-0.2, 0) is 17.6 Å². The normalized spacial score (nSPS) is 11.9. The maximum absolute atomic E-state index is 13.1. The summed E-state index contributed by atoms with van der Waals surface area (Å²) < 4.78 is 13.1. The zero-order valence-electron chi connectivity index (χ0n) is 14.4. The molecule has 1 unspecified atom stereocenters. The molecule has 2 aromatic rings. The molecular formula is C20H26FN3O. The Kier molecular flexibility index (Phi) is 7.41. The predicted molar refractivity (Wildman–Crippen MR) is 99.8 cm³/mol. The largest absolute Gasteiger partial charge is 0.385 e. The summed E-state index contributed by atoms with van der Waals surface area (Å²) >= 11 is 0. The van der Waals surface area contributed by atoms with Crippen molar-refractivity contribution in [1.82, 2.24) is 0 Å². The van der Waals surface area contributed by atoms with E-state index in [2.05, 4.69) is 5.32 Å². The van der Waals surface area contributed by atoms with Crippen LogP contribution in [0.15, 0.2) is 48.5 Å². The first kappa shape index (κ1) is 18.9. The lowest BCUT2D eigenvalue weighted by Crippen LogP contribution is -2.29. The third-order valence-electron chi connectivity index (χ3n) is 4.03. The van der Waals surface area contributed by atoms with Gasteiger partial charge in [0.15, 0.2) is 0 Å². The molecule has 0 bridgehead atoms. The van der Waals surface area contributed by atoms with Crippen LogP contribution in [-0.4, -0.2) is 18.5 Å². The van der Waals surface area contributed by atoms with Crippen LogP contribution in [0.25, 0.3) is 0 Å². The Labute approximate surface area is 148 Å². The van der Waals surface area contributed by atoms with Crippen molar-refractivity contribution in [2.24, 2.45) is 11.5 Å². The van der Waals surface area contributed by atoms with E-state index >= 15 is 0 Å². The van der Waals surface area contributed by atoms with Gasteiger partial charge in [0.2, 0.25) is 5.91 Å². The Morgan fingerprint density at radius 2 is 1.84 bits per heavy atom. The molecule has 0 heterocycles. The number of hydrogen-bond acceptors (Lipinski definition) is 3. The molecule has 134 valence electrons. The number of anilines is 1. The van der Waals surface area contributed by atoms with E-state index in [1.165, 1.54) is 6.07 Å². The van der Waals surface area contributed by atoms with Crippen molar-refractivity contribution in [3.05, 3.63) is 65.5 Å². The lowest BCUT2D eigenvalue weighted by atomic mass is 10.0. The summed E-state index contributed by atoms with van der Waals surface area (Å²) in [7, 11) is 0. The summed E-state index contributed by atoms with van der Waals surface area (Å²) in [6.07, 6.45) is 3.75. The number of carbonyl (C=O) groups excluding carboxylic acids is 1. The van der Waals surface area contributed by atoms with E-state index in [1.807, 2.05) is 30.3 Å². The van der Waals surface area contributed by atoms with Gasteiger partial charge >= 0.3 is 0 Å². The molecule has 2 aromatic carbocycles. The van der Waals surface area contributed by atoms with Crippen LogP contribution in [0.3, 0.4) is 0 Å². The lowest BCUT2D eigenvalue weighted by molar-refractivity contribution is -0.118. The van der Waals surface area contributed by atoms with Crippen LogP contribution in [0.2, 0.25) is 0 Å². The smallest absolute Gasteiger partial charge is 0.218 e. The zero-order valence-corrected chi connectivity index (χ0v) is 14.4. The first-order valence-electron chi connectivity index (χ1n) is 8.64. The van der Waals surface area contributed by atoms with E-state index in [0.717, 1.165) is 42.6 Å². The number of nitrogens with two attached hydrogens (primary N) is 2. The Morgan fingerprint density at radius 1 is 1.08 bits per heavy atom. The molecule has 5 N–H and O–H groups in total. The molecule has 0 radical (unpaired) electrons. The standard InChI is InChI=1S/C20H26FN3O/c21-17-6-3-5-15(12-17)4-1-2-11-24-19-9-7-16(8-10-19)13-18(22)14-20(23)25/h3,5-10,12,18,24H,1-2,4,11,13-14,22H2,(H2,23,25). The highest BCUT2D eigenvalue weighted by Gasteiger charge is 2.07. The van der Waals surface area contributed by atoms with Crippen LogP contribution < -0.4 is 16.8 Å². The average Bonchev–Trinajstić information content (AvgIpc) is 2.55. The number of halogens is 1. The van der Waals surface area contributed by atoms with Crippen LogP contribution in [0, 0.1) is 5.82 Å². The molecule has 0 aliphatic heterocycles. The van der Waals surface area contributed by atoms with Gasteiger partial charge in [-0.1, -0.05) is 24.3 Å². The minimum absolute atomic E-state index is 0.175. The number of hydrogen-bond donors (Lipinski definition) is 3. The number of amides is 1. The van der Waals surface area contributed by atoms with Crippen LogP contribution in [0.5, 0.6) is 0 Å². The number of unbranched alkanes of at least 4 members (excludes halogenated alkanes) is 1. The number of carbonyl (C=O) groups is 1. The average molecular weight is 343 g/mol. The van der Waals surface area contributed by atoms with E-state index in [1.54, 1.807) is 12.1 Å². The van der Waals surface area contributed by atoms with E-state index in [-0.39, 0.29) is 24.2 Å². The molecule has 0 fully saturated rings. The number of nitrogens with one attached hydrogen (secondary N) is 1. The van der Waals surface area contributed by atoms with Crippen molar-refractivity contribution in [3.8, 4) is 0 Å². The van der Waals surface area contributed by atoms with Crippen molar-refractivity contribution in [1.29, 1.82) is 0 Å². The van der Waals surface area contributed by atoms with Gasteiger partial charge in [-0.25, -0.2) is 4.39 Å². The molecular weight excluding hydrogens is 317 g/mol. The van der Waals surface area contributed by atoms with E-state index in [9.17, 15) is 9.18 Å². The fraction of sp³-hybridized carbons (Fsp3) is 0.350. The maximum Gasteiger partial charge on any atom is 0.218 e. The fourth-order valence-corrected chi connectivity index (χ4v) is 2.77. The maximum atomic E-state index is 13.1. The summed E-state index contributed by atoms with van der Waals surface area (Å²) in [6, 6.07) is 14.6. The van der Waals surface area contributed by atoms with Gasteiger partial charge in [0.1, 0.15) is 5.82 Å². The molecule has 5 heteroatoms. The van der Waals surface area contributed by atoms with Crippen molar-refractivity contribution in [2.75, 3.05) is 11.9 Å². The first-order valence-corrected chi connectivity index (χ1v) is 8.64. The van der Waals surface area contributed by atoms with E-state index in [4.69, 9.17) is 11.5 Å². The zero-order chi connectivity index (χ0) is 18.1. The number of rotatable bonds is 10. The van der Waals surface area contributed by atoms with Gasteiger partial charge in [0.25, 0.3) is 0 Å². The Balaban J connectivity index is 1.66. The van der Waals surface area contributed by atoms with Crippen LogP contribution in [0.4, 0.5) is 10.1 Å². The Morgan fingerprint density at radius 3 is 2.52 bits per heavy atom. The van der Waals surface area contributed by atoms with Crippen molar-refractivity contribution >= 4 is 11.6 Å². The second-order valence-electron chi connectivity index (χ2n) is 6.35. The second-order valence-corrected chi connectivity index (χ2v) is 6.35. The third kappa shape index (κ3) is 7.35. The first-order chi connectivity index (χ1) is 12.0. The van der Waals surface area contributed by atoms with Crippen molar-refractivity contribution < 1.29 is 9.18 Å². The monoisotopic (exact) mass is 343 g/mol. The summed E-state index contributed by atoms with van der Waals surface area (Å²) in [6.45, 7) is 0.871. The summed E-state index contributed by atoms with van der Waals surface area (Å²) in [4.78, 5) is 10.8. The van der Waals surface area contributed by atoms with Gasteiger partial charge in [-0.05, 0) is 61.1 Å². The SMILES string of the molecule is NC(=O)CC(N)Cc1ccc(NCCCCc2cccc(F)c2)cc1. The molecule has 2 rings (SSSR count). The number of aryl methyl sites for hydroxylation is 1. The van der Waals surface area contributed by atoms with Crippen molar-refractivity contribution in [3.63, 3.8) is 0 Å². The molecule has 25 heavy (non-hydrogen) atoms. The van der Waals surface area contributed by atoms with E-state index < -0.39 is 0 Å².